The second-order valence-corrected chi connectivity index (χ2v) is 8.84. The molecule has 150 valence electrons. The fourth-order valence-corrected chi connectivity index (χ4v) is 7.04. The third-order valence-electron chi connectivity index (χ3n) is 8.11. The van der Waals surface area contributed by atoms with E-state index in [4.69, 9.17) is 9.47 Å². The SMILES string of the molecule is C/C=C1/C[N+]2([O-])CC[C@@]34c5ccc(OC)cc5N(C)[C@H]3[C@@H]2C[C@@H]1C4C(=O)OC. The summed E-state index contributed by atoms with van der Waals surface area (Å²) < 4.78 is 10.7. The molecular formula is C22H28N2O4. The Kier molecular flexibility index (Phi) is 3.69. The fourth-order valence-electron chi connectivity index (χ4n) is 7.04. The Bertz CT molecular complexity index is 883. The number of ether oxygens (including phenoxy) is 2. The molecule has 0 radical (unpaired) electrons. The van der Waals surface area contributed by atoms with Crippen molar-refractivity contribution in [1.29, 1.82) is 0 Å². The summed E-state index contributed by atoms with van der Waals surface area (Å²) in [5.41, 5.74) is 3.01. The number of anilines is 1. The van der Waals surface area contributed by atoms with Gasteiger partial charge in [0.2, 0.25) is 0 Å². The average molecular weight is 384 g/mol. The predicted octanol–water partition coefficient (Wildman–Crippen LogP) is 2.61. The first-order valence-electron chi connectivity index (χ1n) is 10.1. The number of likely N-dealkylation sites (N-methyl/N-ethyl adjacent to an activating group) is 1. The van der Waals surface area contributed by atoms with Gasteiger partial charge in [0.15, 0.2) is 0 Å². The van der Waals surface area contributed by atoms with Crippen molar-refractivity contribution < 1.29 is 18.9 Å². The standard InChI is InChI=1S/C22H28N2O4/c1-5-13-12-24(26)9-8-22-16-7-6-14(27-3)10-17(16)23(2)20(22)18(24)11-15(13)19(22)21(25)28-4/h5-7,10,15,18-20H,8-9,11-12H2,1-4H3/b13-5-/t15-,18-,19?,20-,22-,24?/m0/s1. The first-order chi connectivity index (χ1) is 13.4. The number of quaternary nitrogens is 1. The van der Waals surface area contributed by atoms with Crippen LogP contribution in [-0.4, -0.2) is 57.1 Å². The minimum atomic E-state index is -0.377. The van der Waals surface area contributed by atoms with Crippen molar-refractivity contribution in [3.63, 3.8) is 0 Å². The van der Waals surface area contributed by atoms with Crippen molar-refractivity contribution in [2.45, 2.75) is 37.3 Å². The molecule has 0 aromatic heterocycles. The number of benzene rings is 1. The minimum absolute atomic E-state index is 0.0135. The zero-order valence-electron chi connectivity index (χ0n) is 17.0. The van der Waals surface area contributed by atoms with Crippen LogP contribution in [0.5, 0.6) is 5.75 Å². The molecule has 1 aromatic carbocycles. The van der Waals surface area contributed by atoms with Gasteiger partial charge in [0.05, 0.1) is 32.7 Å². The van der Waals surface area contributed by atoms with Gasteiger partial charge in [-0.3, -0.25) is 4.79 Å². The molecule has 28 heavy (non-hydrogen) atoms. The summed E-state index contributed by atoms with van der Waals surface area (Å²) in [7, 11) is 5.22. The van der Waals surface area contributed by atoms with Gasteiger partial charge in [-0.05, 0) is 24.1 Å². The first-order valence-corrected chi connectivity index (χ1v) is 10.1. The highest BCUT2D eigenvalue weighted by molar-refractivity contribution is 5.80. The summed E-state index contributed by atoms with van der Waals surface area (Å²) >= 11 is 0. The van der Waals surface area contributed by atoms with Crippen LogP contribution in [0, 0.1) is 17.0 Å². The van der Waals surface area contributed by atoms with Gasteiger partial charge in [0, 0.05) is 43.0 Å². The maximum absolute atomic E-state index is 13.9. The molecule has 0 spiro atoms. The van der Waals surface area contributed by atoms with E-state index in [1.807, 2.05) is 13.0 Å². The molecular weight excluding hydrogens is 356 g/mol. The van der Waals surface area contributed by atoms with Gasteiger partial charge in [-0.15, -0.1) is 0 Å². The largest absolute Gasteiger partial charge is 0.632 e. The topological polar surface area (TPSA) is 61.8 Å². The lowest BCUT2D eigenvalue weighted by Gasteiger charge is -2.68. The molecule has 2 unspecified atom stereocenters. The molecule has 6 nitrogen and oxygen atoms in total. The highest BCUT2D eigenvalue weighted by Crippen LogP contribution is 2.65. The van der Waals surface area contributed by atoms with E-state index in [-0.39, 0.29) is 40.0 Å². The van der Waals surface area contributed by atoms with Crippen molar-refractivity contribution in [3.05, 3.63) is 40.6 Å². The Labute approximate surface area is 165 Å². The van der Waals surface area contributed by atoms with Crippen LogP contribution in [-0.2, 0) is 14.9 Å². The van der Waals surface area contributed by atoms with E-state index in [1.54, 1.807) is 7.11 Å². The maximum atomic E-state index is 13.9. The molecule has 6 atom stereocenters. The Balaban J connectivity index is 1.78. The maximum Gasteiger partial charge on any atom is 0.310 e. The van der Waals surface area contributed by atoms with Crippen LogP contribution in [0.4, 0.5) is 5.69 Å². The molecule has 3 fully saturated rings. The van der Waals surface area contributed by atoms with Crippen molar-refractivity contribution >= 4 is 11.7 Å². The summed E-state index contributed by atoms with van der Waals surface area (Å²) in [5, 5.41) is 13.9. The molecule has 1 saturated carbocycles. The third-order valence-corrected chi connectivity index (χ3v) is 8.11. The smallest absolute Gasteiger partial charge is 0.310 e. The van der Waals surface area contributed by atoms with E-state index >= 15 is 0 Å². The highest BCUT2D eigenvalue weighted by Gasteiger charge is 2.72. The van der Waals surface area contributed by atoms with Gasteiger partial charge in [-0.1, -0.05) is 12.1 Å². The molecule has 2 saturated heterocycles. The Morgan fingerprint density at radius 2 is 2.18 bits per heavy atom. The second-order valence-electron chi connectivity index (χ2n) is 8.84. The molecule has 0 amide bonds. The van der Waals surface area contributed by atoms with Crippen LogP contribution in [0.3, 0.4) is 0 Å². The Morgan fingerprint density at radius 1 is 1.39 bits per heavy atom. The Morgan fingerprint density at radius 3 is 2.86 bits per heavy atom. The zero-order valence-corrected chi connectivity index (χ0v) is 17.0. The van der Waals surface area contributed by atoms with Crippen molar-refractivity contribution in [2.75, 3.05) is 39.3 Å². The fraction of sp³-hybridized carbons (Fsp3) is 0.591. The van der Waals surface area contributed by atoms with E-state index in [9.17, 15) is 10.0 Å². The summed E-state index contributed by atoms with van der Waals surface area (Å²) in [6.07, 6.45) is 3.54. The molecule has 3 aliphatic heterocycles. The third kappa shape index (κ3) is 1.93. The Hall–Kier alpha value is -2.05. The quantitative estimate of drug-likeness (QED) is 0.339. The van der Waals surface area contributed by atoms with Crippen LogP contribution in [0.1, 0.15) is 25.3 Å². The average Bonchev–Trinajstić information content (AvgIpc) is 2.97. The number of hydrogen-bond acceptors (Lipinski definition) is 5. The number of hydroxylamine groups is 3. The number of fused-ring (bicyclic) bond motifs is 2. The van der Waals surface area contributed by atoms with Crippen molar-refractivity contribution in [3.8, 4) is 5.75 Å². The van der Waals surface area contributed by atoms with Gasteiger partial charge < -0.3 is 24.2 Å². The number of nitrogens with zero attached hydrogens (tertiary/aromatic N) is 2. The number of esters is 1. The van der Waals surface area contributed by atoms with Gasteiger partial charge >= 0.3 is 5.97 Å². The minimum Gasteiger partial charge on any atom is -0.632 e. The monoisotopic (exact) mass is 384 g/mol. The van der Waals surface area contributed by atoms with Crippen LogP contribution >= 0.6 is 0 Å². The highest BCUT2D eigenvalue weighted by atomic mass is 16.5. The predicted molar refractivity (Wildman–Crippen MR) is 106 cm³/mol. The number of allylic oxidation sites excluding steroid dienone is 1. The number of hydrogen-bond donors (Lipinski definition) is 0. The number of carbonyl (C=O) groups excluding carboxylic acids is 1. The van der Waals surface area contributed by atoms with Gasteiger partial charge in [0.25, 0.3) is 0 Å². The summed E-state index contributed by atoms with van der Waals surface area (Å²) in [4.78, 5) is 15.4. The summed E-state index contributed by atoms with van der Waals surface area (Å²) in [6.45, 7) is 3.05. The first kappa shape index (κ1) is 18.0. The lowest BCUT2D eigenvalue weighted by Crippen LogP contribution is -2.77. The molecule has 1 aromatic rings. The second kappa shape index (κ2) is 5.74. The van der Waals surface area contributed by atoms with Crippen LogP contribution in [0.15, 0.2) is 29.8 Å². The van der Waals surface area contributed by atoms with Gasteiger partial charge in [0.1, 0.15) is 18.3 Å². The molecule has 4 aliphatic rings. The normalized spacial score (nSPS) is 41.6. The summed E-state index contributed by atoms with van der Waals surface area (Å²) in [5.74, 6) is 0.489. The number of methoxy groups -OCH3 is 2. The van der Waals surface area contributed by atoms with Crippen LogP contribution < -0.4 is 9.64 Å². The van der Waals surface area contributed by atoms with Crippen molar-refractivity contribution in [1.82, 2.24) is 0 Å². The van der Waals surface area contributed by atoms with Gasteiger partial charge in [-0.2, -0.15) is 0 Å². The lowest BCUT2D eigenvalue weighted by molar-refractivity contribution is -0.916. The number of rotatable bonds is 2. The van der Waals surface area contributed by atoms with E-state index in [0.29, 0.717) is 19.5 Å². The van der Waals surface area contributed by atoms with E-state index < -0.39 is 0 Å². The van der Waals surface area contributed by atoms with Crippen LogP contribution in [0.2, 0.25) is 0 Å². The van der Waals surface area contributed by atoms with Gasteiger partial charge in [-0.25, -0.2) is 0 Å². The summed E-state index contributed by atoms with van der Waals surface area (Å²) in [6, 6.07) is 6.13. The van der Waals surface area contributed by atoms with Crippen molar-refractivity contribution in [2.24, 2.45) is 11.8 Å². The zero-order chi connectivity index (χ0) is 19.8. The number of carbonyl (C=O) groups is 1. The van der Waals surface area contributed by atoms with E-state index in [1.165, 1.54) is 12.7 Å². The lowest BCUT2D eigenvalue weighted by atomic mass is 9.50. The number of piperidine rings is 2. The van der Waals surface area contributed by atoms with E-state index in [0.717, 1.165) is 23.4 Å². The molecule has 0 N–H and O–H groups in total. The van der Waals surface area contributed by atoms with Crippen LogP contribution in [0.25, 0.3) is 0 Å². The molecule has 5 rings (SSSR count). The molecule has 3 heterocycles. The molecule has 6 heteroatoms. The molecule has 1 aliphatic carbocycles. The molecule has 3 bridgehead atoms. The van der Waals surface area contributed by atoms with E-state index in [2.05, 4.69) is 30.2 Å².